The SMILES string of the molecule is O=C(NCCCNC[C@H]1CNc2ccnn2C1)c1ccccc1. The van der Waals surface area contributed by atoms with E-state index in [0.29, 0.717) is 18.0 Å². The number of hydrogen-bond acceptors (Lipinski definition) is 4. The number of rotatable bonds is 7. The average Bonchev–Trinajstić information content (AvgIpc) is 3.06. The molecule has 0 bridgehead atoms. The number of carbonyl (C=O) groups excluding carboxylic acids is 1. The van der Waals surface area contributed by atoms with Crippen LogP contribution in [-0.4, -0.2) is 41.9 Å². The number of nitrogens with zero attached hydrogens (tertiary/aromatic N) is 2. The Kier molecular flexibility index (Phi) is 5.26. The minimum atomic E-state index is -0.00621. The standard InChI is InChI=1S/C17H23N5O/c23-17(15-5-2-1-3-6-15)19-9-4-8-18-11-14-12-20-16-7-10-21-22(16)13-14/h1-3,5-7,10,14,18,20H,4,8-9,11-13H2,(H,19,23)/t14-/m0/s1. The van der Waals surface area contributed by atoms with E-state index in [1.54, 1.807) is 0 Å². The molecule has 0 unspecified atom stereocenters. The minimum absolute atomic E-state index is 0.00621. The molecule has 0 radical (unpaired) electrons. The summed E-state index contributed by atoms with van der Waals surface area (Å²) < 4.78 is 2.01. The highest BCUT2D eigenvalue weighted by Gasteiger charge is 2.17. The second-order valence-electron chi connectivity index (χ2n) is 5.83. The first kappa shape index (κ1) is 15.6. The van der Waals surface area contributed by atoms with Crippen molar-refractivity contribution >= 4 is 11.7 Å². The van der Waals surface area contributed by atoms with E-state index in [4.69, 9.17) is 0 Å². The van der Waals surface area contributed by atoms with Gasteiger partial charge in [0.05, 0.1) is 6.20 Å². The number of nitrogens with one attached hydrogen (secondary N) is 3. The zero-order valence-corrected chi connectivity index (χ0v) is 13.2. The normalized spacial score (nSPS) is 16.4. The first-order valence-electron chi connectivity index (χ1n) is 8.12. The van der Waals surface area contributed by atoms with E-state index in [-0.39, 0.29) is 5.91 Å². The summed E-state index contributed by atoms with van der Waals surface area (Å²) in [5.74, 6) is 1.64. The summed E-state index contributed by atoms with van der Waals surface area (Å²) in [6.45, 7) is 4.47. The number of benzene rings is 1. The molecule has 0 aliphatic carbocycles. The van der Waals surface area contributed by atoms with Crippen molar-refractivity contribution in [1.82, 2.24) is 20.4 Å². The first-order chi connectivity index (χ1) is 11.3. The fourth-order valence-electron chi connectivity index (χ4n) is 2.74. The summed E-state index contributed by atoms with van der Waals surface area (Å²) in [4.78, 5) is 11.9. The Morgan fingerprint density at radius 1 is 1.26 bits per heavy atom. The van der Waals surface area contributed by atoms with Gasteiger partial charge in [0.2, 0.25) is 0 Å². The van der Waals surface area contributed by atoms with Crippen LogP contribution in [0.3, 0.4) is 0 Å². The highest BCUT2D eigenvalue weighted by atomic mass is 16.1. The molecule has 1 aromatic carbocycles. The van der Waals surface area contributed by atoms with Crippen LogP contribution < -0.4 is 16.0 Å². The van der Waals surface area contributed by atoms with Crippen LogP contribution in [0.15, 0.2) is 42.6 Å². The van der Waals surface area contributed by atoms with Crippen LogP contribution in [0.25, 0.3) is 0 Å². The lowest BCUT2D eigenvalue weighted by atomic mass is 10.1. The molecule has 3 rings (SSSR count). The van der Waals surface area contributed by atoms with Gasteiger partial charge in [-0.2, -0.15) is 5.10 Å². The quantitative estimate of drug-likeness (QED) is 0.675. The molecule has 0 saturated carbocycles. The second-order valence-corrected chi connectivity index (χ2v) is 5.83. The van der Waals surface area contributed by atoms with Crippen molar-refractivity contribution in [3.05, 3.63) is 48.2 Å². The lowest BCUT2D eigenvalue weighted by Gasteiger charge is -2.25. The summed E-state index contributed by atoms with van der Waals surface area (Å²) >= 11 is 0. The average molecular weight is 313 g/mol. The predicted octanol–water partition coefficient (Wildman–Crippen LogP) is 1.33. The molecule has 23 heavy (non-hydrogen) atoms. The van der Waals surface area contributed by atoms with Gasteiger partial charge in [0.15, 0.2) is 0 Å². The third-order valence-electron chi connectivity index (χ3n) is 4.00. The van der Waals surface area contributed by atoms with E-state index in [1.165, 1.54) is 0 Å². The molecule has 1 amide bonds. The van der Waals surface area contributed by atoms with Gasteiger partial charge < -0.3 is 16.0 Å². The van der Waals surface area contributed by atoms with Crippen molar-refractivity contribution in [2.24, 2.45) is 5.92 Å². The maximum Gasteiger partial charge on any atom is 0.251 e. The maximum atomic E-state index is 11.9. The van der Waals surface area contributed by atoms with Gasteiger partial charge >= 0.3 is 0 Å². The first-order valence-corrected chi connectivity index (χ1v) is 8.12. The van der Waals surface area contributed by atoms with Crippen LogP contribution >= 0.6 is 0 Å². The number of anilines is 1. The molecule has 6 nitrogen and oxygen atoms in total. The lowest BCUT2D eigenvalue weighted by molar-refractivity contribution is 0.0953. The number of hydrogen-bond donors (Lipinski definition) is 3. The highest BCUT2D eigenvalue weighted by Crippen LogP contribution is 2.15. The minimum Gasteiger partial charge on any atom is -0.370 e. The van der Waals surface area contributed by atoms with Gasteiger partial charge in [0.1, 0.15) is 5.82 Å². The lowest BCUT2D eigenvalue weighted by Crippen LogP contribution is -2.36. The van der Waals surface area contributed by atoms with Crippen molar-refractivity contribution in [3.8, 4) is 0 Å². The van der Waals surface area contributed by atoms with Crippen molar-refractivity contribution in [3.63, 3.8) is 0 Å². The van der Waals surface area contributed by atoms with E-state index in [9.17, 15) is 4.79 Å². The zero-order chi connectivity index (χ0) is 15.9. The van der Waals surface area contributed by atoms with E-state index in [2.05, 4.69) is 21.0 Å². The summed E-state index contributed by atoms with van der Waals surface area (Å²) in [5, 5.41) is 14.1. The molecular formula is C17H23N5O. The topological polar surface area (TPSA) is 71.0 Å². The van der Waals surface area contributed by atoms with Crippen LogP contribution in [-0.2, 0) is 6.54 Å². The van der Waals surface area contributed by atoms with Gasteiger partial charge in [-0.05, 0) is 25.1 Å². The van der Waals surface area contributed by atoms with Gasteiger partial charge in [-0.1, -0.05) is 18.2 Å². The molecule has 0 spiro atoms. The van der Waals surface area contributed by atoms with Gasteiger partial charge in [0, 0.05) is 43.7 Å². The molecule has 3 N–H and O–H groups in total. The van der Waals surface area contributed by atoms with Crippen molar-refractivity contribution in [2.75, 3.05) is 31.5 Å². The largest absolute Gasteiger partial charge is 0.370 e. The van der Waals surface area contributed by atoms with Gasteiger partial charge in [-0.25, -0.2) is 4.68 Å². The van der Waals surface area contributed by atoms with Crippen LogP contribution in [0.4, 0.5) is 5.82 Å². The third kappa shape index (κ3) is 4.32. The third-order valence-corrected chi connectivity index (χ3v) is 4.00. The maximum absolute atomic E-state index is 11.9. The number of amides is 1. The fourth-order valence-corrected chi connectivity index (χ4v) is 2.74. The van der Waals surface area contributed by atoms with E-state index < -0.39 is 0 Å². The second kappa shape index (κ2) is 7.78. The molecule has 1 atom stereocenters. The molecule has 0 fully saturated rings. The van der Waals surface area contributed by atoms with Crippen LogP contribution in [0, 0.1) is 5.92 Å². The summed E-state index contributed by atoms with van der Waals surface area (Å²) in [5.41, 5.74) is 0.712. The number of carbonyl (C=O) groups is 1. The van der Waals surface area contributed by atoms with E-state index in [1.807, 2.05) is 47.3 Å². The Balaban J connectivity index is 1.27. The molecule has 1 aromatic heterocycles. The molecular weight excluding hydrogens is 290 g/mol. The Morgan fingerprint density at radius 2 is 2.13 bits per heavy atom. The Bertz CT molecular complexity index is 625. The van der Waals surface area contributed by atoms with Crippen LogP contribution in [0.1, 0.15) is 16.8 Å². The van der Waals surface area contributed by atoms with Crippen molar-refractivity contribution in [1.29, 1.82) is 0 Å². The monoisotopic (exact) mass is 313 g/mol. The fraction of sp³-hybridized carbons (Fsp3) is 0.412. The van der Waals surface area contributed by atoms with E-state index in [0.717, 1.165) is 38.4 Å². The van der Waals surface area contributed by atoms with Crippen molar-refractivity contribution in [2.45, 2.75) is 13.0 Å². The summed E-state index contributed by atoms with van der Waals surface area (Å²) in [6.07, 6.45) is 2.75. The van der Waals surface area contributed by atoms with Crippen molar-refractivity contribution < 1.29 is 4.79 Å². The van der Waals surface area contributed by atoms with Crippen LogP contribution in [0.5, 0.6) is 0 Å². The molecule has 2 heterocycles. The molecule has 122 valence electrons. The Labute approximate surface area is 136 Å². The Hall–Kier alpha value is -2.34. The predicted molar refractivity (Wildman–Crippen MR) is 90.5 cm³/mol. The molecule has 1 aliphatic heterocycles. The highest BCUT2D eigenvalue weighted by molar-refractivity contribution is 5.94. The van der Waals surface area contributed by atoms with E-state index >= 15 is 0 Å². The number of aromatic nitrogens is 2. The van der Waals surface area contributed by atoms with Crippen LogP contribution in [0.2, 0.25) is 0 Å². The van der Waals surface area contributed by atoms with Gasteiger partial charge in [-0.15, -0.1) is 0 Å². The molecule has 6 heteroatoms. The molecule has 2 aromatic rings. The zero-order valence-electron chi connectivity index (χ0n) is 13.2. The molecule has 1 aliphatic rings. The molecule has 0 saturated heterocycles. The number of fused-ring (bicyclic) bond motifs is 1. The summed E-state index contributed by atoms with van der Waals surface area (Å²) in [7, 11) is 0. The summed E-state index contributed by atoms with van der Waals surface area (Å²) in [6, 6.07) is 11.3. The Morgan fingerprint density at radius 3 is 3.00 bits per heavy atom. The van der Waals surface area contributed by atoms with Gasteiger partial charge in [0.25, 0.3) is 5.91 Å². The van der Waals surface area contributed by atoms with Gasteiger partial charge in [-0.3, -0.25) is 4.79 Å². The smallest absolute Gasteiger partial charge is 0.251 e.